The molecule has 16 nitrogen and oxygen atoms in total. The van der Waals surface area contributed by atoms with Gasteiger partial charge in [-0.15, -0.1) is 0 Å². The smallest absolute Gasteiger partial charge is 0.410 e. The van der Waals surface area contributed by atoms with Crippen LogP contribution < -0.4 is 0 Å². The van der Waals surface area contributed by atoms with Crippen LogP contribution >= 0.6 is 0 Å². The largest absolute Gasteiger partial charge is 0.447 e. The normalized spacial score (nSPS) is 24.9. The van der Waals surface area contributed by atoms with Crippen molar-refractivity contribution >= 4 is 37.4 Å². The second kappa shape index (κ2) is 26.0. The Morgan fingerprint density at radius 3 is 1.26 bits per heavy atom. The first-order valence-corrected chi connectivity index (χ1v) is 26.9. The molecule has 0 spiro atoms. The van der Waals surface area contributed by atoms with Crippen LogP contribution in [-0.4, -0.2) is 165 Å². The SMILES string of the molecule is CB(O)C1=CCN(C(=O)OC(C)(C)C)CC1.CC(C)(C)OC(=O)N1CC2CC1C(C)(F)C2.CC(C)(C)OC(=O)N1CC2CCC1C2.CC(C)(C)OC(=O)N1CCCCC1.CC(C)(C)OC(=O)N1CCCCC1. The van der Waals surface area contributed by atoms with Crippen molar-refractivity contribution < 1.29 is 57.1 Å². The van der Waals surface area contributed by atoms with Crippen LogP contribution in [0.4, 0.5) is 28.4 Å². The number of halogens is 1. The minimum absolute atomic E-state index is 0.121. The maximum atomic E-state index is 14.1. The van der Waals surface area contributed by atoms with Gasteiger partial charge in [0.2, 0.25) is 0 Å². The summed E-state index contributed by atoms with van der Waals surface area (Å²) in [6.07, 6.45) is 13.5. The standard InChI is InChI=1S/C12H20FNO2.C11H20BNO3.C11H19NO2.2C10H19NO2/c1-11(2,3)16-10(15)14-7-8-5-9(14)12(4,13)6-8;1-11(2,3)16-10(14)13-7-5-9(6-8-13)12(4)15;1-11(2,3)14-10(13)12-7-8-4-5-9(12)6-8;2*1-10(2,3)13-9(12)11-7-5-4-6-8-11/h8-9H,5-7H2,1-4H3;5,15H,6-8H2,1-4H3;8-9H,4-7H2,1-3H3;2*4-8H2,1-3H3. The molecule has 0 aromatic heterocycles. The van der Waals surface area contributed by atoms with Gasteiger partial charge in [-0.25, -0.2) is 28.4 Å². The highest BCUT2D eigenvalue weighted by molar-refractivity contribution is 6.57. The first-order chi connectivity index (χ1) is 32.9. The number of ether oxygens (including phenoxy) is 5. The second-order valence-corrected chi connectivity index (χ2v) is 25.9. The van der Waals surface area contributed by atoms with Crippen LogP contribution in [0.25, 0.3) is 0 Å². The van der Waals surface area contributed by atoms with Crippen LogP contribution in [0.2, 0.25) is 6.82 Å². The Balaban J connectivity index is 0.000000238. The number of amides is 5. The van der Waals surface area contributed by atoms with Gasteiger partial charge in [-0.05, 0) is 200 Å². The lowest BCUT2D eigenvalue weighted by Crippen LogP contribution is -2.50. The van der Waals surface area contributed by atoms with E-state index in [1.165, 1.54) is 32.1 Å². The van der Waals surface area contributed by atoms with Crippen molar-refractivity contribution in [3.05, 3.63) is 11.5 Å². The number of hydrogen-bond acceptors (Lipinski definition) is 11. The lowest BCUT2D eigenvalue weighted by Gasteiger charge is -2.36. The molecule has 2 saturated carbocycles. The molecule has 1 N–H and O–H groups in total. The number of hydrogen-bond donors (Lipinski definition) is 1. The molecule has 0 aromatic rings. The quantitative estimate of drug-likeness (QED) is 0.196. The maximum absolute atomic E-state index is 14.1. The van der Waals surface area contributed by atoms with Gasteiger partial charge in [-0.3, -0.25) is 0 Å². The van der Waals surface area contributed by atoms with Crippen LogP contribution in [0.5, 0.6) is 0 Å². The molecule has 4 saturated heterocycles. The van der Waals surface area contributed by atoms with E-state index in [0.29, 0.717) is 38.0 Å². The highest BCUT2D eigenvalue weighted by atomic mass is 19.1. The second-order valence-electron chi connectivity index (χ2n) is 25.9. The van der Waals surface area contributed by atoms with E-state index in [2.05, 4.69) is 0 Å². The van der Waals surface area contributed by atoms with E-state index >= 15 is 0 Å². The van der Waals surface area contributed by atoms with E-state index < -0.39 is 23.8 Å². The zero-order chi connectivity index (χ0) is 54.6. The summed E-state index contributed by atoms with van der Waals surface area (Å²) in [4.78, 5) is 67.1. The summed E-state index contributed by atoms with van der Waals surface area (Å²) in [5.41, 5.74) is -2.29. The molecular weight excluding hydrogens is 924 g/mol. The highest BCUT2D eigenvalue weighted by Crippen LogP contribution is 2.47. The number of alkyl halides is 1. The van der Waals surface area contributed by atoms with Gasteiger partial charge in [0.25, 0.3) is 0 Å². The Morgan fingerprint density at radius 2 is 0.944 bits per heavy atom. The number of nitrogens with zero attached hydrogens (tertiary/aromatic N) is 5. The molecule has 0 aromatic carbocycles. The summed E-state index contributed by atoms with van der Waals surface area (Å²) in [5, 5.41) is 9.39. The molecule has 5 unspecified atom stereocenters. The zero-order valence-electron chi connectivity index (χ0n) is 47.7. The average Bonchev–Trinajstić information content (AvgIpc) is 4.05. The third kappa shape index (κ3) is 22.7. The predicted molar refractivity (Wildman–Crippen MR) is 281 cm³/mol. The lowest BCUT2D eigenvalue weighted by atomic mass is 9.61. The maximum Gasteiger partial charge on any atom is 0.410 e. The topological polar surface area (TPSA) is 168 Å². The Labute approximate surface area is 433 Å². The number of carbonyl (C=O) groups excluding carboxylic acids is 5. The van der Waals surface area contributed by atoms with Gasteiger partial charge >= 0.3 is 37.4 Å². The van der Waals surface area contributed by atoms with Crippen molar-refractivity contribution in [2.45, 2.75) is 240 Å². The van der Waals surface area contributed by atoms with Crippen LogP contribution in [-0.2, 0) is 23.7 Å². The molecule has 7 aliphatic rings. The first kappa shape index (κ1) is 62.3. The summed E-state index contributed by atoms with van der Waals surface area (Å²) in [7, 11) is 0. The first-order valence-electron chi connectivity index (χ1n) is 26.9. The summed E-state index contributed by atoms with van der Waals surface area (Å²) in [5.74, 6) is 1.06. The van der Waals surface area contributed by atoms with Gasteiger partial charge in [0, 0.05) is 58.4 Å². The Bertz CT molecular complexity index is 1760. The van der Waals surface area contributed by atoms with Crippen LogP contribution in [0.3, 0.4) is 0 Å². The third-order valence-electron chi connectivity index (χ3n) is 12.9. The van der Waals surface area contributed by atoms with Crippen LogP contribution in [0.15, 0.2) is 11.5 Å². The molecule has 5 atom stereocenters. The van der Waals surface area contributed by atoms with E-state index in [4.69, 9.17) is 23.7 Å². The van der Waals surface area contributed by atoms with Gasteiger partial charge in [0.05, 0.1) is 6.04 Å². The number of likely N-dealkylation sites (tertiary alicyclic amines) is 4. The molecule has 0 radical (unpaired) electrons. The van der Waals surface area contributed by atoms with Gasteiger partial charge in [0.1, 0.15) is 33.7 Å². The monoisotopic (exact) mass is 1020 g/mol. The summed E-state index contributed by atoms with van der Waals surface area (Å²) in [6, 6.07) is 0.183. The predicted octanol–water partition coefficient (Wildman–Crippen LogP) is 11.7. The van der Waals surface area contributed by atoms with E-state index in [9.17, 15) is 33.4 Å². The third-order valence-corrected chi connectivity index (χ3v) is 12.9. The number of fused-ring (bicyclic) bond motifs is 4. The summed E-state index contributed by atoms with van der Waals surface area (Å²) in [6.45, 7) is 37.2. The van der Waals surface area contributed by atoms with Crippen molar-refractivity contribution in [3.63, 3.8) is 0 Å². The lowest BCUT2D eigenvalue weighted by molar-refractivity contribution is -0.00761. The van der Waals surface area contributed by atoms with Crippen molar-refractivity contribution in [2.75, 3.05) is 52.4 Å². The fraction of sp³-hybridized carbons (Fsp3) is 0.870. The average molecular weight is 1020 g/mol. The van der Waals surface area contributed by atoms with Gasteiger partial charge < -0.3 is 53.2 Å². The van der Waals surface area contributed by atoms with Gasteiger partial charge in [-0.1, -0.05) is 18.4 Å². The molecule has 7 rings (SSSR count). The van der Waals surface area contributed by atoms with E-state index in [0.717, 1.165) is 82.6 Å². The van der Waals surface area contributed by atoms with Crippen molar-refractivity contribution in [3.8, 4) is 0 Å². The molecule has 6 fully saturated rings. The molecule has 2 aliphatic carbocycles. The molecule has 5 heterocycles. The molecular formula is C54H97BFN5O11. The Kier molecular flexibility index (Phi) is 22.5. The van der Waals surface area contributed by atoms with E-state index in [1.807, 2.05) is 115 Å². The number of rotatable bonds is 1. The molecule has 5 amide bonds. The van der Waals surface area contributed by atoms with E-state index in [-0.39, 0.29) is 53.3 Å². The number of piperidine rings is 4. The number of carbonyl (C=O) groups is 5. The van der Waals surface area contributed by atoms with Gasteiger partial charge in [0.15, 0.2) is 0 Å². The van der Waals surface area contributed by atoms with Crippen LogP contribution in [0.1, 0.15) is 188 Å². The Morgan fingerprint density at radius 1 is 0.556 bits per heavy atom. The highest BCUT2D eigenvalue weighted by Gasteiger charge is 2.55. The van der Waals surface area contributed by atoms with Gasteiger partial charge in [-0.2, -0.15) is 0 Å². The molecule has 18 heteroatoms. The van der Waals surface area contributed by atoms with E-state index in [1.54, 1.807) is 33.3 Å². The zero-order valence-corrected chi connectivity index (χ0v) is 47.7. The Hall–Kier alpha value is -3.96. The molecule has 5 aliphatic heterocycles. The molecule has 4 bridgehead atoms. The summed E-state index contributed by atoms with van der Waals surface area (Å²) < 4.78 is 40.5. The fourth-order valence-electron chi connectivity index (χ4n) is 9.70. The minimum atomic E-state index is -1.24. The van der Waals surface area contributed by atoms with Crippen molar-refractivity contribution in [1.29, 1.82) is 0 Å². The van der Waals surface area contributed by atoms with Crippen molar-refractivity contribution in [2.24, 2.45) is 11.8 Å². The van der Waals surface area contributed by atoms with Crippen molar-refractivity contribution in [1.82, 2.24) is 24.5 Å². The summed E-state index contributed by atoms with van der Waals surface area (Å²) >= 11 is 0. The minimum Gasteiger partial charge on any atom is -0.447 e. The van der Waals surface area contributed by atoms with Crippen LogP contribution in [0, 0.1) is 11.8 Å². The fourth-order valence-corrected chi connectivity index (χ4v) is 9.70. The molecule has 414 valence electrons. The molecule has 72 heavy (non-hydrogen) atoms.